The van der Waals surface area contributed by atoms with Crippen LogP contribution in [0.4, 0.5) is 0 Å². The molecule has 0 spiro atoms. The molecule has 0 atom stereocenters. The molecule has 0 aliphatic carbocycles. The summed E-state index contributed by atoms with van der Waals surface area (Å²) in [5, 5.41) is 2.46. The van der Waals surface area contributed by atoms with E-state index in [2.05, 4.69) is 99.9 Å². The lowest BCUT2D eigenvalue weighted by Crippen LogP contribution is -2.33. The molecule has 0 aliphatic heterocycles. The van der Waals surface area contributed by atoms with E-state index in [0.29, 0.717) is 0 Å². The summed E-state index contributed by atoms with van der Waals surface area (Å²) in [6.07, 6.45) is 0. The Morgan fingerprint density at radius 3 is 1.39 bits per heavy atom. The van der Waals surface area contributed by atoms with Gasteiger partial charge in [0.15, 0.2) is 16.6 Å². The van der Waals surface area contributed by atoms with Crippen LogP contribution in [-0.4, -0.2) is 16.6 Å². The predicted molar refractivity (Wildman–Crippen MR) is 109 cm³/mol. The molecule has 5 heteroatoms. The van der Waals surface area contributed by atoms with Crippen molar-refractivity contribution in [3.8, 4) is 0 Å². The second-order valence-electron chi connectivity index (χ2n) is 7.72. The van der Waals surface area contributed by atoms with Crippen LogP contribution in [0.5, 0.6) is 0 Å². The van der Waals surface area contributed by atoms with Crippen molar-refractivity contribution in [3.05, 3.63) is 60.7 Å². The third kappa shape index (κ3) is 5.02. The van der Waals surface area contributed by atoms with E-state index in [9.17, 15) is 0 Å². The zero-order chi connectivity index (χ0) is 17.1. The SMILES string of the molecule is C[Si](C)(C)N=P(O[Si](C)(C)C)(c1ccccc1)c1ccccc1. The molecule has 2 nitrogen and oxygen atoms in total. The van der Waals surface area contributed by atoms with E-state index >= 15 is 0 Å². The molecule has 0 radical (unpaired) electrons. The maximum absolute atomic E-state index is 6.89. The van der Waals surface area contributed by atoms with E-state index in [4.69, 9.17) is 8.62 Å². The van der Waals surface area contributed by atoms with Gasteiger partial charge in [0, 0.05) is 10.6 Å². The third-order valence-corrected chi connectivity index (χ3v) is 11.8. The van der Waals surface area contributed by atoms with Gasteiger partial charge < -0.3 is 8.62 Å². The summed E-state index contributed by atoms with van der Waals surface area (Å²) >= 11 is 0. The first kappa shape index (κ1) is 18.4. The molecule has 23 heavy (non-hydrogen) atoms. The summed E-state index contributed by atoms with van der Waals surface area (Å²) in [6, 6.07) is 21.3. The van der Waals surface area contributed by atoms with Gasteiger partial charge in [-0.15, -0.1) is 0 Å². The Labute approximate surface area is 143 Å². The molecule has 2 aromatic carbocycles. The molecule has 0 unspecified atom stereocenters. The maximum Gasteiger partial charge on any atom is 0.191 e. The molecule has 0 bridgehead atoms. The first-order valence-corrected chi connectivity index (χ1v) is 16.6. The number of rotatable bonds is 5. The predicted octanol–water partition coefficient (Wildman–Crippen LogP) is 5.44. The van der Waals surface area contributed by atoms with E-state index in [1.807, 2.05) is 0 Å². The van der Waals surface area contributed by atoms with Crippen LogP contribution in [0.15, 0.2) is 65.1 Å². The molecule has 0 aromatic heterocycles. The summed E-state index contributed by atoms with van der Waals surface area (Å²) in [4.78, 5) is 0. The Hall–Kier alpha value is -0.936. The second kappa shape index (κ2) is 6.90. The number of hydrogen-bond donors (Lipinski definition) is 0. The topological polar surface area (TPSA) is 21.6 Å². The summed E-state index contributed by atoms with van der Waals surface area (Å²) in [5.41, 5.74) is 0. The van der Waals surface area contributed by atoms with E-state index in [1.54, 1.807) is 0 Å². The fourth-order valence-corrected chi connectivity index (χ4v) is 12.8. The van der Waals surface area contributed by atoms with E-state index in [0.717, 1.165) is 0 Å². The highest BCUT2D eigenvalue weighted by Crippen LogP contribution is 2.52. The Kier molecular flexibility index (Phi) is 5.52. The fourth-order valence-electron chi connectivity index (χ4n) is 2.47. The Balaban J connectivity index is 2.82. The van der Waals surface area contributed by atoms with Crippen LogP contribution in [0.25, 0.3) is 0 Å². The number of nitrogens with zero attached hydrogens (tertiary/aromatic N) is 1. The minimum Gasteiger partial charge on any atom is -0.379 e. The van der Waals surface area contributed by atoms with Crippen molar-refractivity contribution in [3.63, 3.8) is 0 Å². The zero-order valence-corrected chi connectivity index (χ0v) is 18.0. The van der Waals surface area contributed by atoms with Gasteiger partial charge in [-0.05, 0) is 39.3 Å². The van der Waals surface area contributed by atoms with Gasteiger partial charge in [0.1, 0.15) is 7.28 Å². The van der Waals surface area contributed by atoms with E-state index < -0.39 is 23.8 Å². The highest BCUT2D eigenvalue weighted by molar-refractivity contribution is 7.78. The van der Waals surface area contributed by atoms with Crippen LogP contribution < -0.4 is 10.6 Å². The highest BCUT2D eigenvalue weighted by Gasteiger charge is 2.34. The van der Waals surface area contributed by atoms with Crippen molar-refractivity contribution in [1.29, 1.82) is 0 Å². The van der Waals surface area contributed by atoms with Crippen molar-refractivity contribution in [2.24, 2.45) is 4.41 Å². The Morgan fingerprint density at radius 2 is 1.09 bits per heavy atom. The third-order valence-electron chi connectivity index (χ3n) is 3.06. The Morgan fingerprint density at radius 1 is 0.696 bits per heavy atom. The average Bonchev–Trinajstić information content (AvgIpc) is 2.45. The van der Waals surface area contributed by atoms with Crippen molar-refractivity contribution < 1.29 is 4.21 Å². The van der Waals surface area contributed by atoms with Crippen LogP contribution >= 0.6 is 7.28 Å². The fraction of sp³-hybridized carbons (Fsp3) is 0.333. The number of hydrogen-bond acceptors (Lipinski definition) is 2. The minimum absolute atomic E-state index is 1.23. The number of benzene rings is 2. The monoisotopic (exact) mass is 361 g/mol. The van der Waals surface area contributed by atoms with Gasteiger partial charge in [-0.2, -0.15) is 0 Å². The summed E-state index contributed by atoms with van der Waals surface area (Å²) in [6.45, 7) is 13.7. The van der Waals surface area contributed by atoms with Crippen molar-refractivity contribution in [2.75, 3.05) is 0 Å². The molecule has 0 fully saturated rings. The Bertz CT molecular complexity index is 645. The normalized spacial score (nSPS) is 13.0. The molecule has 0 saturated heterocycles. The molecule has 0 heterocycles. The summed E-state index contributed by atoms with van der Waals surface area (Å²) in [5.74, 6) is 0. The van der Waals surface area contributed by atoms with Crippen molar-refractivity contribution in [1.82, 2.24) is 0 Å². The lowest BCUT2D eigenvalue weighted by Gasteiger charge is -2.35. The van der Waals surface area contributed by atoms with Crippen LogP contribution in [0.3, 0.4) is 0 Å². The van der Waals surface area contributed by atoms with Crippen molar-refractivity contribution in [2.45, 2.75) is 39.3 Å². The van der Waals surface area contributed by atoms with Gasteiger partial charge >= 0.3 is 0 Å². The zero-order valence-electron chi connectivity index (χ0n) is 15.1. The molecule has 0 saturated carbocycles. The largest absolute Gasteiger partial charge is 0.379 e. The maximum atomic E-state index is 6.89. The van der Waals surface area contributed by atoms with Crippen LogP contribution in [0, 0.1) is 0 Å². The van der Waals surface area contributed by atoms with Gasteiger partial charge in [0.2, 0.25) is 0 Å². The lowest BCUT2D eigenvalue weighted by atomic mass is 10.4. The lowest BCUT2D eigenvalue weighted by molar-refractivity contribution is 0.625. The quantitative estimate of drug-likeness (QED) is 0.513. The van der Waals surface area contributed by atoms with Gasteiger partial charge in [0.25, 0.3) is 0 Å². The first-order chi connectivity index (χ1) is 10.6. The molecule has 0 aliphatic rings. The molecule has 124 valence electrons. The van der Waals surface area contributed by atoms with E-state index in [1.165, 1.54) is 10.6 Å². The van der Waals surface area contributed by atoms with Crippen LogP contribution in [0.2, 0.25) is 39.3 Å². The second-order valence-corrected chi connectivity index (χ2v) is 20.0. The van der Waals surface area contributed by atoms with Crippen LogP contribution in [-0.2, 0) is 4.21 Å². The first-order valence-electron chi connectivity index (χ1n) is 8.08. The van der Waals surface area contributed by atoms with Gasteiger partial charge in [-0.1, -0.05) is 60.7 Å². The van der Waals surface area contributed by atoms with Crippen LogP contribution in [0.1, 0.15) is 0 Å². The smallest absolute Gasteiger partial charge is 0.191 e. The average molecular weight is 362 g/mol. The summed E-state index contributed by atoms with van der Waals surface area (Å²) in [7, 11) is -5.66. The molecular formula is C18H28NOPSi2. The summed E-state index contributed by atoms with van der Waals surface area (Å²) < 4.78 is 12.3. The standard InChI is InChI=1S/C18H28NOPSi2/c1-22(2,3)19-21(20-23(4,5)6,17-13-9-7-10-14-17)18-15-11-8-12-16-18/h7-16H,1-6H3. The molecule has 0 N–H and O–H groups in total. The van der Waals surface area contributed by atoms with Gasteiger partial charge in [-0.3, -0.25) is 0 Å². The van der Waals surface area contributed by atoms with Crippen molar-refractivity contribution >= 4 is 34.4 Å². The van der Waals surface area contributed by atoms with E-state index in [-0.39, 0.29) is 0 Å². The molecule has 0 amide bonds. The van der Waals surface area contributed by atoms with Gasteiger partial charge in [0.05, 0.1) is 0 Å². The highest BCUT2D eigenvalue weighted by atomic mass is 31.2. The molecule has 2 aromatic rings. The molecule has 2 rings (SSSR count). The minimum atomic E-state index is -2.20. The van der Waals surface area contributed by atoms with Gasteiger partial charge in [-0.25, -0.2) is 0 Å². The molecular weight excluding hydrogens is 333 g/mol.